The lowest BCUT2D eigenvalue weighted by Gasteiger charge is -2.54. The summed E-state index contributed by atoms with van der Waals surface area (Å²) in [7, 11) is 0. The van der Waals surface area contributed by atoms with E-state index in [4.69, 9.17) is 0 Å². The monoisotopic (exact) mass is 692 g/mol. The maximum atomic E-state index is 2.65. The van der Waals surface area contributed by atoms with Crippen molar-refractivity contribution in [3.8, 4) is 5.69 Å². The van der Waals surface area contributed by atoms with Crippen LogP contribution in [0.4, 0.5) is 11.4 Å². The van der Waals surface area contributed by atoms with Gasteiger partial charge in [0.25, 0.3) is 0 Å². The molecule has 1 aromatic heterocycles. The molecule has 12 rings (SSSR count). The number of rotatable bonds is 3. The van der Waals surface area contributed by atoms with Gasteiger partial charge in [-0.2, -0.15) is 0 Å². The smallest absolute Gasteiger partial charge is 0.249 e. The first-order valence-corrected chi connectivity index (χ1v) is 19.5. The van der Waals surface area contributed by atoms with Crippen molar-refractivity contribution in [2.75, 3.05) is 4.90 Å². The molecule has 3 aliphatic heterocycles. The van der Waals surface area contributed by atoms with Crippen molar-refractivity contribution in [3.05, 3.63) is 205 Å². The molecule has 0 saturated heterocycles. The fourth-order valence-electron chi connectivity index (χ4n) is 10.4. The third-order valence-electron chi connectivity index (χ3n) is 12.4. The van der Waals surface area contributed by atoms with Crippen LogP contribution in [0.15, 0.2) is 198 Å². The molecule has 8 aromatic rings. The number of hydrogen-bond acceptors (Lipinski definition) is 2. The molecule has 7 aromatic carbocycles. The Hall–Kier alpha value is -5.97. The highest BCUT2D eigenvalue weighted by atomic mass is 32.2. The van der Waals surface area contributed by atoms with Crippen molar-refractivity contribution in [2.24, 2.45) is 5.92 Å². The molecule has 4 heterocycles. The summed E-state index contributed by atoms with van der Waals surface area (Å²) in [6.07, 6.45) is 9.43. The molecule has 2 atom stereocenters. The summed E-state index contributed by atoms with van der Waals surface area (Å²) >= 11 is 1.93. The van der Waals surface area contributed by atoms with Gasteiger partial charge in [0, 0.05) is 49.1 Å². The largest absolute Gasteiger partial charge is 0.333 e. The standard InChI is InChI=1S/C49H33BN2S/c1-3-16-32(17-4-1)49(33-18-5-2-6-19-33)37-22-8-12-27-42(37)51(43-28-13-9-23-38(43)49)34-30-44-47-46(31-34)53-45-29-14-10-24-39(45)50(47)40-25-15-21-36-35-20-7-11-26-41(35)52(44)48(36)40/h1-31,37,42H. The van der Waals surface area contributed by atoms with E-state index >= 15 is 0 Å². The summed E-state index contributed by atoms with van der Waals surface area (Å²) in [4.78, 5) is 5.34. The van der Waals surface area contributed by atoms with Crippen molar-refractivity contribution in [2.45, 2.75) is 21.2 Å². The zero-order valence-electron chi connectivity index (χ0n) is 28.9. The highest BCUT2D eigenvalue weighted by Gasteiger charge is 2.53. The number of nitrogens with zero attached hydrogens (tertiary/aromatic N) is 2. The Kier molecular flexibility index (Phi) is 6.15. The molecule has 53 heavy (non-hydrogen) atoms. The van der Waals surface area contributed by atoms with Crippen LogP contribution in [0.5, 0.6) is 0 Å². The van der Waals surface area contributed by atoms with Gasteiger partial charge in [-0.1, -0.05) is 175 Å². The molecular formula is C49H33BN2S. The first kappa shape index (κ1) is 29.6. The fourth-order valence-corrected chi connectivity index (χ4v) is 11.6. The van der Waals surface area contributed by atoms with E-state index in [-0.39, 0.29) is 24.1 Å². The molecule has 1 aliphatic carbocycles. The number of aromatic nitrogens is 1. The summed E-state index contributed by atoms with van der Waals surface area (Å²) in [5.74, 6) is 0.139. The van der Waals surface area contributed by atoms with Crippen molar-refractivity contribution in [1.82, 2.24) is 4.57 Å². The molecular weight excluding hydrogens is 659 g/mol. The van der Waals surface area contributed by atoms with Gasteiger partial charge in [-0.25, -0.2) is 0 Å². The van der Waals surface area contributed by atoms with Crippen molar-refractivity contribution < 1.29 is 0 Å². The van der Waals surface area contributed by atoms with Crippen LogP contribution in [-0.2, 0) is 5.41 Å². The van der Waals surface area contributed by atoms with E-state index < -0.39 is 0 Å². The van der Waals surface area contributed by atoms with Crippen LogP contribution in [0.25, 0.3) is 27.5 Å². The minimum atomic E-state index is -0.384. The van der Waals surface area contributed by atoms with Gasteiger partial charge in [0.2, 0.25) is 6.71 Å². The number of allylic oxidation sites excluding steroid dienone is 2. The second-order valence-electron chi connectivity index (χ2n) is 14.8. The van der Waals surface area contributed by atoms with Crippen molar-refractivity contribution in [3.63, 3.8) is 0 Å². The van der Waals surface area contributed by atoms with E-state index in [1.807, 2.05) is 11.8 Å². The Morgan fingerprint density at radius 2 is 1.23 bits per heavy atom. The second kappa shape index (κ2) is 11.0. The summed E-state index contributed by atoms with van der Waals surface area (Å²) < 4.78 is 2.58. The molecule has 0 saturated carbocycles. The second-order valence-corrected chi connectivity index (χ2v) is 15.8. The van der Waals surface area contributed by atoms with Gasteiger partial charge in [-0.3, -0.25) is 0 Å². The van der Waals surface area contributed by atoms with Gasteiger partial charge in [-0.15, -0.1) is 0 Å². The molecule has 0 spiro atoms. The summed E-state index contributed by atoms with van der Waals surface area (Å²) in [5, 5.41) is 2.63. The average Bonchev–Trinajstić information content (AvgIpc) is 3.57. The summed E-state index contributed by atoms with van der Waals surface area (Å²) in [6, 6.07) is 61.7. The SMILES string of the molecule is C1=CC2C(C=C1)C(c1ccccc1)(c1ccccc1)c1ccccc1N2c1cc2c3c(c1)-n1c4ccccc4c4cccc(c41)B3c1ccccc1S2. The van der Waals surface area contributed by atoms with E-state index in [2.05, 4.69) is 198 Å². The molecule has 0 fully saturated rings. The van der Waals surface area contributed by atoms with Gasteiger partial charge >= 0.3 is 0 Å². The van der Waals surface area contributed by atoms with E-state index in [9.17, 15) is 0 Å². The van der Waals surface area contributed by atoms with Gasteiger partial charge < -0.3 is 9.47 Å². The highest BCUT2D eigenvalue weighted by molar-refractivity contribution is 8.00. The number of anilines is 2. The fraction of sp³-hybridized carbons (Fsp3) is 0.0612. The van der Waals surface area contributed by atoms with Gasteiger partial charge in [0.05, 0.1) is 17.0 Å². The lowest BCUT2D eigenvalue weighted by Crippen LogP contribution is -2.59. The average molecular weight is 693 g/mol. The van der Waals surface area contributed by atoms with Crippen LogP contribution in [-0.4, -0.2) is 17.3 Å². The normalized spacial score (nSPS) is 18.4. The molecule has 4 heteroatoms. The molecule has 0 radical (unpaired) electrons. The first-order valence-electron chi connectivity index (χ1n) is 18.6. The number of fused-ring (bicyclic) bond motifs is 9. The Labute approximate surface area is 313 Å². The minimum absolute atomic E-state index is 0.0783. The van der Waals surface area contributed by atoms with Crippen LogP contribution >= 0.6 is 11.8 Å². The molecule has 4 aliphatic rings. The zero-order valence-corrected chi connectivity index (χ0v) is 29.7. The van der Waals surface area contributed by atoms with Gasteiger partial charge in [-0.05, 0) is 57.9 Å². The highest BCUT2D eigenvalue weighted by Crippen LogP contribution is 2.57. The van der Waals surface area contributed by atoms with Gasteiger partial charge in [0.15, 0.2) is 0 Å². The number of benzene rings is 7. The molecule has 0 bridgehead atoms. The Morgan fingerprint density at radius 1 is 0.547 bits per heavy atom. The maximum absolute atomic E-state index is 2.65. The van der Waals surface area contributed by atoms with Crippen LogP contribution in [0.2, 0.25) is 0 Å². The van der Waals surface area contributed by atoms with Crippen molar-refractivity contribution in [1.29, 1.82) is 0 Å². The topological polar surface area (TPSA) is 8.17 Å². The Bertz CT molecular complexity index is 2810. The quantitative estimate of drug-likeness (QED) is 0.171. The van der Waals surface area contributed by atoms with Crippen LogP contribution in [0.1, 0.15) is 16.7 Å². The maximum Gasteiger partial charge on any atom is 0.249 e. The zero-order chi connectivity index (χ0) is 34.7. The van der Waals surface area contributed by atoms with E-state index in [0.717, 1.165) is 0 Å². The third kappa shape index (κ3) is 3.86. The third-order valence-corrected chi connectivity index (χ3v) is 13.5. The predicted octanol–water partition coefficient (Wildman–Crippen LogP) is 9.67. The number of para-hydroxylation sites is 3. The van der Waals surface area contributed by atoms with Crippen LogP contribution < -0.4 is 21.3 Å². The van der Waals surface area contributed by atoms with E-state index in [1.165, 1.54) is 81.7 Å². The molecule has 2 nitrogen and oxygen atoms in total. The van der Waals surface area contributed by atoms with Crippen LogP contribution in [0, 0.1) is 5.92 Å². The molecule has 0 amide bonds. The lowest BCUT2D eigenvalue weighted by atomic mass is 9.35. The van der Waals surface area contributed by atoms with Crippen LogP contribution in [0.3, 0.4) is 0 Å². The molecule has 2 unspecified atom stereocenters. The van der Waals surface area contributed by atoms with E-state index in [0.29, 0.717) is 0 Å². The summed E-state index contributed by atoms with van der Waals surface area (Å²) in [5.41, 5.74) is 14.2. The molecule has 248 valence electrons. The van der Waals surface area contributed by atoms with Gasteiger partial charge in [0.1, 0.15) is 0 Å². The minimum Gasteiger partial charge on any atom is -0.333 e. The summed E-state index contributed by atoms with van der Waals surface area (Å²) in [6.45, 7) is 0.176. The Morgan fingerprint density at radius 3 is 2.08 bits per heavy atom. The molecule has 0 N–H and O–H groups in total. The van der Waals surface area contributed by atoms with E-state index in [1.54, 1.807) is 0 Å². The Balaban J connectivity index is 1.18. The predicted molar refractivity (Wildman–Crippen MR) is 223 cm³/mol. The van der Waals surface area contributed by atoms with Crippen molar-refractivity contribution >= 4 is 68.0 Å². The first-order chi connectivity index (χ1) is 26.3. The number of hydrogen-bond donors (Lipinski definition) is 0. The lowest BCUT2D eigenvalue weighted by molar-refractivity contribution is 0.385.